The average Bonchev–Trinajstić information content (AvgIpc) is 2.91. The molecule has 0 saturated heterocycles. The number of ether oxygens (including phenoxy) is 1. The molecule has 0 aliphatic carbocycles. The molecular formula is C32H41N3O5S. The number of amides is 2. The second-order valence-corrected chi connectivity index (χ2v) is 13.0. The van der Waals surface area contributed by atoms with Gasteiger partial charge in [-0.05, 0) is 88.6 Å². The number of nitrogens with one attached hydrogen (secondary N) is 1. The zero-order valence-electron chi connectivity index (χ0n) is 25.0. The highest BCUT2D eigenvalue weighted by atomic mass is 32.2. The normalized spacial score (nSPS) is 12.4. The van der Waals surface area contributed by atoms with E-state index in [0.717, 1.165) is 21.0 Å². The van der Waals surface area contributed by atoms with E-state index in [0.29, 0.717) is 17.9 Å². The van der Waals surface area contributed by atoms with Crippen LogP contribution < -0.4 is 14.4 Å². The van der Waals surface area contributed by atoms with Gasteiger partial charge in [-0.1, -0.05) is 48.9 Å². The Labute approximate surface area is 244 Å². The number of rotatable bonds is 11. The summed E-state index contributed by atoms with van der Waals surface area (Å²) in [4.78, 5) is 29.2. The quantitative estimate of drug-likeness (QED) is 0.336. The van der Waals surface area contributed by atoms with Crippen LogP contribution in [0, 0.1) is 13.8 Å². The van der Waals surface area contributed by atoms with Crippen molar-refractivity contribution < 1.29 is 22.7 Å². The van der Waals surface area contributed by atoms with E-state index >= 15 is 0 Å². The molecule has 41 heavy (non-hydrogen) atoms. The minimum Gasteiger partial charge on any atom is -0.497 e. The third kappa shape index (κ3) is 8.10. The molecule has 8 nitrogen and oxygen atoms in total. The first-order chi connectivity index (χ1) is 19.3. The molecule has 1 N–H and O–H groups in total. The lowest BCUT2D eigenvalue weighted by molar-refractivity contribution is -0.141. The van der Waals surface area contributed by atoms with Gasteiger partial charge in [-0.3, -0.25) is 13.9 Å². The van der Waals surface area contributed by atoms with Crippen LogP contribution in [0.4, 0.5) is 5.69 Å². The number of anilines is 1. The number of benzene rings is 3. The Hall–Kier alpha value is -3.85. The van der Waals surface area contributed by atoms with E-state index in [4.69, 9.17) is 4.74 Å². The van der Waals surface area contributed by atoms with Crippen LogP contribution >= 0.6 is 0 Å². The molecule has 1 atom stereocenters. The summed E-state index contributed by atoms with van der Waals surface area (Å²) in [5.74, 6) is -0.228. The zero-order chi connectivity index (χ0) is 30.4. The highest BCUT2D eigenvalue weighted by molar-refractivity contribution is 7.92. The number of hydrogen-bond acceptors (Lipinski definition) is 5. The van der Waals surface area contributed by atoms with Gasteiger partial charge in [0.15, 0.2) is 0 Å². The standard InChI is InChI=1S/C32H41N3O5S/c1-8-29(31(37)33-32(4,5)6)34(21-25-12-10-9-11-24(25)3)30(36)22-35(26-15-17-27(40-7)18-16-26)41(38,39)28-19-13-23(2)14-20-28/h9-20,29H,8,21-22H2,1-7H3,(H,33,37)/t29-/m1/s1. The molecule has 0 saturated carbocycles. The molecule has 3 aromatic carbocycles. The van der Waals surface area contributed by atoms with Gasteiger partial charge in [-0.15, -0.1) is 0 Å². The SMILES string of the molecule is CC[C@H](C(=O)NC(C)(C)C)N(Cc1ccccc1C)C(=O)CN(c1ccc(OC)cc1)S(=O)(=O)c1ccc(C)cc1. The Balaban J connectivity index is 2.09. The Morgan fingerprint density at radius 3 is 2.07 bits per heavy atom. The lowest BCUT2D eigenvalue weighted by atomic mass is 10.0. The Morgan fingerprint density at radius 1 is 0.927 bits per heavy atom. The fourth-order valence-electron chi connectivity index (χ4n) is 4.46. The maximum Gasteiger partial charge on any atom is 0.264 e. The maximum atomic E-state index is 14.2. The fourth-order valence-corrected chi connectivity index (χ4v) is 5.87. The van der Waals surface area contributed by atoms with Crippen LogP contribution in [0.1, 0.15) is 50.8 Å². The van der Waals surface area contributed by atoms with Gasteiger partial charge in [0.2, 0.25) is 11.8 Å². The third-order valence-electron chi connectivity index (χ3n) is 6.73. The van der Waals surface area contributed by atoms with E-state index < -0.39 is 34.1 Å². The lowest BCUT2D eigenvalue weighted by Crippen LogP contribution is -2.55. The summed E-state index contributed by atoms with van der Waals surface area (Å²) < 4.78 is 34.3. The van der Waals surface area contributed by atoms with Gasteiger partial charge < -0.3 is 15.0 Å². The van der Waals surface area contributed by atoms with E-state index in [-0.39, 0.29) is 17.3 Å². The minimum absolute atomic E-state index is 0.0645. The van der Waals surface area contributed by atoms with Gasteiger partial charge in [0.05, 0.1) is 17.7 Å². The Kier molecular flexibility index (Phi) is 10.2. The zero-order valence-corrected chi connectivity index (χ0v) is 25.8. The van der Waals surface area contributed by atoms with Gasteiger partial charge in [0.1, 0.15) is 18.3 Å². The van der Waals surface area contributed by atoms with Crippen molar-refractivity contribution in [3.63, 3.8) is 0 Å². The number of nitrogens with zero attached hydrogens (tertiary/aromatic N) is 2. The molecule has 0 heterocycles. The Morgan fingerprint density at radius 2 is 1.54 bits per heavy atom. The van der Waals surface area contributed by atoms with E-state index in [1.165, 1.54) is 24.1 Å². The monoisotopic (exact) mass is 579 g/mol. The molecule has 0 spiro atoms. The molecule has 0 fully saturated rings. The topological polar surface area (TPSA) is 96.0 Å². The summed E-state index contributed by atoms with van der Waals surface area (Å²) in [6.45, 7) is 11.0. The van der Waals surface area contributed by atoms with Crippen LogP contribution in [-0.4, -0.2) is 50.4 Å². The lowest BCUT2D eigenvalue weighted by Gasteiger charge is -2.35. The maximum absolute atomic E-state index is 14.2. The molecule has 0 radical (unpaired) electrons. The van der Waals surface area contributed by atoms with Crippen molar-refractivity contribution in [3.05, 3.63) is 89.5 Å². The van der Waals surface area contributed by atoms with Crippen molar-refractivity contribution in [1.82, 2.24) is 10.2 Å². The first-order valence-electron chi connectivity index (χ1n) is 13.7. The van der Waals surface area contributed by atoms with E-state index in [2.05, 4.69) is 5.32 Å². The van der Waals surface area contributed by atoms with Crippen molar-refractivity contribution in [2.24, 2.45) is 0 Å². The molecule has 0 aliphatic rings. The van der Waals surface area contributed by atoms with Gasteiger partial charge in [0.25, 0.3) is 10.0 Å². The summed E-state index contributed by atoms with van der Waals surface area (Å²) in [7, 11) is -2.61. The van der Waals surface area contributed by atoms with Crippen molar-refractivity contribution in [3.8, 4) is 5.75 Å². The van der Waals surface area contributed by atoms with Crippen LogP contribution in [0.2, 0.25) is 0 Å². The molecule has 2 amide bonds. The van der Waals surface area contributed by atoms with Crippen molar-refractivity contribution in [1.29, 1.82) is 0 Å². The Bertz CT molecular complexity index is 1450. The van der Waals surface area contributed by atoms with Gasteiger partial charge in [0, 0.05) is 12.1 Å². The van der Waals surface area contributed by atoms with Crippen LogP contribution in [0.15, 0.2) is 77.7 Å². The fraction of sp³-hybridized carbons (Fsp3) is 0.375. The first kappa shape index (κ1) is 31.7. The second kappa shape index (κ2) is 13.2. The number of hydrogen-bond donors (Lipinski definition) is 1. The van der Waals surface area contributed by atoms with Crippen LogP contribution in [0.25, 0.3) is 0 Å². The molecule has 0 bridgehead atoms. The van der Waals surface area contributed by atoms with Crippen LogP contribution in [0.5, 0.6) is 5.75 Å². The second-order valence-electron chi connectivity index (χ2n) is 11.1. The summed E-state index contributed by atoms with van der Waals surface area (Å²) >= 11 is 0. The van der Waals surface area contributed by atoms with Gasteiger partial charge >= 0.3 is 0 Å². The minimum atomic E-state index is -4.14. The largest absolute Gasteiger partial charge is 0.497 e. The van der Waals surface area contributed by atoms with Crippen molar-refractivity contribution >= 4 is 27.5 Å². The summed E-state index contributed by atoms with van der Waals surface area (Å²) in [5.41, 5.74) is 2.56. The summed E-state index contributed by atoms with van der Waals surface area (Å²) in [6, 6.07) is 19.8. The number of methoxy groups -OCH3 is 1. The third-order valence-corrected chi connectivity index (χ3v) is 8.52. The van der Waals surface area contributed by atoms with Crippen molar-refractivity contribution in [2.75, 3.05) is 18.0 Å². The molecular weight excluding hydrogens is 538 g/mol. The average molecular weight is 580 g/mol. The predicted octanol–water partition coefficient (Wildman–Crippen LogP) is 5.23. The number of carbonyl (C=O) groups is 2. The van der Waals surface area contributed by atoms with Crippen molar-refractivity contribution in [2.45, 2.75) is 71.0 Å². The van der Waals surface area contributed by atoms with E-state index in [1.807, 2.05) is 65.8 Å². The first-order valence-corrected chi connectivity index (χ1v) is 15.1. The highest BCUT2D eigenvalue weighted by Gasteiger charge is 2.34. The highest BCUT2D eigenvalue weighted by Crippen LogP contribution is 2.27. The van der Waals surface area contributed by atoms with E-state index in [9.17, 15) is 18.0 Å². The van der Waals surface area contributed by atoms with Gasteiger partial charge in [-0.2, -0.15) is 0 Å². The number of aryl methyl sites for hydroxylation is 2. The van der Waals surface area contributed by atoms with Crippen LogP contribution in [0.3, 0.4) is 0 Å². The molecule has 3 aromatic rings. The number of carbonyl (C=O) groups excluding carboxylic acids is 2. The molecule has 0 aromatic heterocycles. The smallest absolute Gasteiger partial charge is 0.264 e. The predicted molar refractivity (Wildman–Crippen MR) is 162 cm³/mol. The van der Waals surface area contributed by atoms with E-state index in [1.54, 1.807) is 36.4 Å². The van der Waals surface area contributed by atoms with Crippen LogP contribution in [-0.2, 0) is 26.2 Å². The molecule has 9 heteroatoms. The molecule has 0 aliphatic heterocycles. The summed E-state index contributed by atoms with van der Waals surface area (Å²) in [6.07, 6.45) is 0.354. The molecule has 0 unspecified atom stereocenters. The van der Waals surface area contributed by atoms with Gasteiger partial charge in [-0.25, -0.2) is 8.42 Å². The molecule has 3 rings (SSSR count). The summed E-state index contributed by atoms with van der Waals surface area (Å²) in [5, 5.41) is 2.99. The number of sulfonamides is 1. The molecule has 220 valence electrons.